The number of thiophene rings is 1. The second-order valence-electron chi connectivity index (χ2n) is 5.86. The van der Waals surface area contributed by atoms with Crippen molar-refractivity contribution in [1.29, 1.82) is 10.5 Å². The summed E-state index contributed by atoms with van der Waals surface area (Å²) in [7, 11) is 0. The number of thiazole rings is 1. The topological polar surface area (TPSA) is 69.6 Å². The Kier molecular flexibility index (Phi) is 4.90. The van der Waals surface area contributed by atoms with Crippen LogP contribution in [0.3, 0.4) is 0 Å². The first-order valence-corrected chi connectivity index (χ1v) is 9.56. The Morgan fingerprint density at radius 3 is 2.27 bits per heavy atom. The van der Waals surface area contributed by atoms with Gasteiger partial charge in [0.25, 0.3) is 5.56 Å². The van der Waals surface area contributed by atoms with Gasteiger partial charge in [0.15, 0.2) is 5.57 Å². The maximum Gasteiger partial charge on any atom is 0.273 e. The number of aryl methyl sites for hydroxylation is 3. The van der Waals surface area contributed by atoms with E-state index >= 15 is 0 Å². The SMILES string of the molecule is Cc1ccsc1/C=c1\sc(=C(C#N)C#N)n(-c2c(C)cccc2C)c1=O. The van der Waals surface area contributed by atoms with Gasteiger partial charge in [-0.3, -0.25) is 9.36 Å². The Balaban J connectivity index is 2.51. The largest absolute Gasteiger partial charge is 0.273 e. The van der Waals surface area contributed by atoms with Crippen LogP contribution < -0.4 is 14.8 Å². The molecule has 0 saturated heterocycles. The predicted octanol–water partition coefficient (Wildman–Crippen LogP) is 2.91. The van der Waals surface area contributed by atoms with Crippen molar-refractivity contribution >= 4 is 34.3 Å². The lowest BCUT2D eigenvalue weighted by atomic mass is 10.1. The molecule has 4 nitrogen and oxygen atoms in total. The lowest BCUT2D eigenvalue weighted by Crippen LogP contribution is -2.31. The van der Waals surface area contributed by atoms with Crippen LogP contribution >= 0.6 is 22.7 Å². The number of para-hydroxylation sites is 1. The number of hydrogen-bond acceptors (Lipinski definition) is 5. The van der Waals surface area contributed by atoms with Gasteiger partial charge >= 0.3 is 0 Å². The van der Waals surface area contributed by atoms with Crippen LogP contribution in [0.2, 0.25) is 0 Å². The fraction of sp³-hybridized carbons (Fsp3) is 0.150. The van der Waals surface area contributed by atoms with Gasteiger partial charge in [-0.05, 0) is 55.0 Å². The van der Waals surface area contributed by atoms with E-state index in [4.69, 9.17) is 0 Å². The molecule has 0 amide bonds. The van der Waals surface area contributed by atoms with Crippen molar-refractivity contribution in [3.63, 3.8) is 0 Å². The molecule has 0 N–H and O–H groups in total. The molecule has 0 spiro atoms. The number of benzene rings is 1. The van der Waals surface area contributed by atoms with Crippen LogP contribution in [-0.4, -0.2) is 4.57 Å². The lowest BCUT2D eigenvalue weighted by molar-refractivity contribution is 0.962. The number of hydrogen-bond donors (Lipinski definition) is 0. The Morgan fingerprint density at radius 2 is 1.73 bits per heavy atom. The van der Waals surface area contributed by atoms with Gasteiger partial charge in [-0.25, -0.2) is 0 Å². The van der Waals surface area contributed by atoms with Gasteiger partial charge in [-0.2, -0.15) is 10.5 Å². The van der Waals surface area contributed by atoms with Crippen molar-refractivity contribution in [3.05, 3.63) is 70.8 Å². The smallest absolute Gasteiger partial charge is 0.267 e. The van der Waals surface area contributed by atoms with Crippen LogP contribution in [0.15, 0.2) is 34.4 Å². The van der Waals surface area contributed by atoms with Crippen LogP contribution in [0.1, 0.15) is 21.6 Å². The average molecular weight is 377 g/mol. The van der Waals surface area contributed by atoms with E-state index in [1.54, 1.807) is 11.3 Å². The summed E-state index contributed by atoms with van der Waals surface area (Å²) in [5.74, 6) is 0. The van der Waals surface area contributed by atoms with Crippen LogP contribution in [0, 0.1) is 43.4 Å². The first-order valence-electron chi connectivity index (χ1n) is 7.86. The number of rotatable bonds is 2. The van der Waals surface area contributed by atoms with Crippen LogP contribution in [0.25, 0.3) is 17.3 Å². The van der Waals surface area contributed by atoms with Crippen molar-refractivity contribution in [2.75, 3.05) is 0 Å². The van der Waals surface area contributed by atoms with Crippen molar-refractivity contribution in [1.82, 2.24) is 4.57 Å². The molecule has 0 radical (unpaired) electrons. The molecule has 128 valence electrons. The highest BCUT2D eigenvalue weighted by Gasteiger charge is 2.15. The van der Waals surface area contributed by atoms with E-state index in [0.717, 1.165) is 27.3 Å². The highest BCUT2D eigenvalue weighted by molar-refractivity contribution is 7.11. The fourth-order valence-electron chi connectivity index (χ4n) is 2.78. The van der Waals surface area contributed by atoms with E-state index in [2.05, 4.69) is 0 Å². The maximum atomic E-state index is 13.2. The van der Waals surface area contributed by atoms with E-state index in [0.29, 0.717) is 9.20 Å². The zero-order valence-electron chi connectivity index (χ0n) is 14.5. The van der Waals surface area contributed by atoms with Gasteiger partial charge in [0, 0.05) is 4.88 Å². The summed E-state index contributed by atoms with van der Waals surface area (Å²) in [5.41, 5.74) is 3.39. The second kappa shape index (κ2) is 7.13. The maximum absolute atomic E-state index is 13.2. The van der Waals surface area contributed by atoms with Crippen molar-refractivity contribution in [2.24, 2.45) is 0 Å². The monoisotopic (exact) mass is 377 g/mol. The van der Waals surface area contributed by atoms with Crippen LogP contribution in [-0.2, 0) is 0 Å². The van der Waals surface area contributed by atoms with Gasteiger partial charge < -0.3 is 0 Å². The van der Waals surface area contributed by atoms with Gasteiger partial charge in [0.2, 0.25) is 0 Å². The quantitative estimate of drug-likeness (QED) is 0.689. The molecule has 3 rings (SSSR count). The summed E-state index contributed by atoms with van der Waals surface area (Å²) in [6, 6.07) is 11.6. The highest BCUT2D eigenvalue weighted by atomic mass is 32.1. The third-order valence-electron chi connectivity index (χ3n) is 4.09. The molecule has 0 aliphatic rings. The van der Waals surface area contributed by atoms with Crippen LogP contribution in [0.4, 0.5) is 0 Å². The molecule has 0 fully saturated rings. The zero-order chi connectivity index (χ0) is 18.8. The normalized spacial score (nSPS) is 11.2. The van der Waals surface area contributed by atoms with Gasteiger partial charge in [0.05, 0.1) is 10.2 Å². The summed E-state index contributed by atoms with van der Waals surface area (Å²) in [5, 5.41) is 20.7. The molecule has 2 heterocycles. The van der Waals surface area contributed by atoms with E-state index in [1.807, 2.05) is 68.6 Å². The first kappa shape index (κ1) is 17.9. The Morgan fingerprint density at radius 1 is 1.08 bits per heavy atom. The Labute approximate surface area is 158 Å². The van der Waals surface area contributed by atoms with E-state index in [-0.39, 0.29) is 11.1 Å². The summed E-state index contributed by atoms with van der Waals surface area (Å²) in [4.78, 5) is 14.2. The molecule has 1 aromatic carbocycles. The fourth-order valence-corrected chi connectivity index (χ4v) is 4.74. The van der Waals surface area contributed by atoms with E-state index in [1.165, 1.54) is 15.9 Å². The summed E-state index contributed by atoms with van der Waals surface area (Å²) in [6.45, 7) is 5.83. The van der Waals surface area contributed by atoms with Crippen LogP contribution in [0.5, 0.6) is 0 Å². The second-order valence-corrected chi connectivity index (χ2v) is 7.84. The lowest BCUT2D eigenvalue weighted by Gasteiger charge is -2.10. The molecule has 0 atom stereocenters. The molecule has 6 heteroatoms. The van der Waals surface area contributed by atoms with Crippen molar-refractivity contribution in [2.45, 2.75) is 20.8 Å². The van der Waals surface area contributed by atoms with E-state index in [9.17, 15) is 15.3 Å². The molecular formula is C20H15N3OS2. The summed E-state index contributed by atoms with van der Waals surface area (Å²) < 4.78 is 2.39. The van der Waals surface area contributed by atoms with Gasteiger partial charge in [-0.1, -0.05) is 18.2 Å². The molecule has 26 heavy (non-hydrogen) atoms. The zero-order valence-corrected chi connectivity index (χ0v) is 16.2. The van der Waals surface area contributed by atoms with Gasteiger partial charge in [0.1, 0.15) is 16.8 Å². The summed E-state index contributed by atoms with van der Waals surface area (Å²) >= 11 is 2.74. The molecule has 0 unspecified atom stereocenters. The van der Waals surface area contributed by atoms with E-state index < -0.39 is 0 Å². The molecule has 0 aliphatic carbocycles. The standard InChI is InChI=1S/C20H15N3OS2/c1-12-7-8-25-16(12)9-17-19(24)23(20(26-17)15(10-21)11-22)18-13(2)5-4-6-14(18)3/h4-9H,1-3H3/b17-9-. The molecular weight excluding hydrogens is 362 g/mol. The average Bonchev–Trinajstić information content (AvgIpc) is 3.15. The minimum Gasteiger partial charge on any atom is -0.267 e. The Hall–Kier alpha value is -2.93. The third kappa shape index (κ3) is 3.01. The number of aromatic nitrogens is 1. The number of nitriles is 2. The molecule has 3 aromatic rings. The third-order valence-corrected chi connectivity index (χ3v) is 6.15. The molecule has 0 aliphatic heterocycles. The molecule has 2 aromatic heterocycles. The molecule has 0 saturated carbocycles. The van der Waals surface area contributed by atoms with Crippen molar-refractivity contribution in [3.8, 4) is 17.8 Å². The minimum absolute atomic E-state index is 0.0581. The molecule has 0 bridgehead atoms. The summed E-state index contributed by atoms with van der Waals surface area (Å²) in [6.07, 6.45) is 1.84. The first-order chi connectivity index (χ1) is 12.5. The van der Waals surface area contributed by atoms with Gasteiger partial charge in [-0.15, -0.1) is 22.7 Å². The number of nitrogens with zero attached hydrogens (tertiary/aromatic N) is 3. The predicted molar refractivity (Wildman–Crippen MR) is 106 cm³/mol. The highest BCUT2D eigenvalue weighted by Crippen LogP contribution is 2.17. The minimum atomic E-state index is -0.210. The Bertz CT molecular complexity index is 1220. The van der Waals surface area contributed by atoms with Crippen molar-refractivity contribution < 1.29 is 0 Å².